The van der Waals surface area contributed by atoms with Crippen LogP contribution < -0.4 is 0 Å². The molecule has 2 fully saturated rings. The third-order valence-electron chi connectivity index (χ3n) is 5.93. The van der Waals surface area contributed by atoms with Gasteiger partial charge in [-0.15, -0.1) is 22.7 Å². The third-order valence-corrected chi connectivity index (χ3v) is 8.38. The topological polar surface area (TPSA) is 47.1 Å². The van der Waals surface area contributed by atoms with Crippen molar-refractivity contribution in [3.8, 4) is 9.75 Å². The van der Waals surface area contributed by atoms with E-state index in [1.165, 1.54) is 0 Å². The number of piperazine rings is 2. The first-order valence-electron chi connectivity index (χ1n) is 10.6. The average molecular weight is 447 g/mol. The quantitative estimate of drug-likeness (QED) is 0.609. The largest absolute Gasteiger partial charge is 0.304 e. The van der Waals surface area contributed by atoms with Crippen LogP contribution in [0.5, 0.6) is 0 Å². The molecule has 8 heteroatoms. The van der Waals surface area contributed by atoms with Crippen LogP contribution in [0.1, 0.15) is 19.3 Å². The second-order valence-electron chi connectivity index (χ2n) is 8.33. The van der Waals surface area contributed by atoms with Gasteiger partial charge in [0.25, 0.3) is 0 Å². The Labute approximate surface area is 186 Å². The molecule has 0 amide bonds. The van der Waals surface area contributed by atoms with Crippen molar-refractivity contribution in [1.82, 2.24) is 19.6 Å². The normalized spacial score (nSPS) is 19.9. The zero-order valence-electron chi connectivity index (χ0n) is 17.8. The van der Waals surface area contributed by atoms with Crippen LogP contribution in [0, 0.1) is 0 Å². The molecule has 0 saturated carbocycles. The summed E-state index contributed by atoms with van der Waals surface area (Å²) in [4.78, 5) is 38.2. The Morgan fingerprint density at radius 3 is 1.40 bits per heavy atom. The Bertz CT molecular complexity index is 805. The summed E-state index contributed by atoms with van der Waals surface area (Å²) in [6.45, 7) is 8.85. The highest BCUT2D eigenvalue weighted by atomic mass is 32.1. The molecule has 2 aliphatic rings. The summed E-state index contributed by atoms with van der Waals surface area (Å²) in [6.07, 6.45) is 0. The number of hydrogen-bond donors (Lipinski definition) is 0. The van der Waals surface area contributed by atoms with Crippen LogP contribution in [0.2, 0.25) is 0 Å². The van der Waals surface area contributed by atoms with Crippen LogP contribution in [0.4, 0.5) is 0 Å². The number of likely N-dealkylation sites (N-methyl/N-ethyl adjacent to an activating group) is 2. The monoisotopic (exact) mass is 446 g/mol. The molecule has 30 heavy (non-hydrogen) atoms. The van der Waals surface area contributed by atoms with Gasteiger partial charge in [-0.25, -0.2) is 0 Å². The average Bonchev–Trinajstić information content (AvgIpc) is 3.41. The molecule has 0 radical (unpaired) electrons. The fourth-order valence-electron chi connectivity index (χ4n) is 3.81. The lowest BCUT2D eigenvalue weighted by Gasteiger charge is -2.31. The third kappa shape index (κ3) is 5.43. The van der Waals surface area contributed by atoms with Crippen molar-refractivity contribution in [2.24, 2.45) is 0 Å². The number of ketones is 2. The molecule has 0 spiro atoms. The van der Waals surface area contributed by atoms with Gasteiger partial charge in [0.1, 0.15) is 0 Å². The Balaban J connectivity index is 1.34. The molecular weight excluding hydrogens is 416 g/mol. The van der Waals surface area contributed by atoms with Crippen LogP contribution in [0.15, 0.2) is 24.3 Å². The zero-order valence-corrected chi connectivity index (χ0v) is 19.4. The van der Waals surface area contributed by atoms with Gasteiger partial charge in [-0.3, -0.25) is 19.4 Å². The van der Waals surface area contributed by atoms with Gasteiger partial charge in [-0.2, -0.15) is 0 Å². The van der Waals surface area contributed by atoms with E-state index in [-0.39, 0.29) is 11.6 Å². The molecular formula is C22H30N4O2S2. The number of hydrogen-bond acceptors (Lipinski definition) is 8. The zero-order chi connectivity index (χ0) is 21.1. The minimum atomic E-state index is 0.193. The van der Waals surface area contributed by atoms with E-state index in [4.69, 9.17) is 0 Å². The summed E-state index contributed by atoms with van der Waals surface area (Å²) in [6, 6.07) is 7.90. The van der Waals surface area contributed by atoms with Gasteiger partial charge in [0, 0.05) is 62.1 Å². The fourth-order valence-corrected chi connectivity index (χ4v) is 5.78. The predicted molar refractivity (Wildman–Crippen MR) is 124 cm³/mol. The van der Waals surface area contributed by atoms with E-state index < -0.39 is 0 Å². The van der Waals surface area contributed by atoms with Crippen LogP contribution in [-0.4, -0.2) is 111 Å². The molecule has 0 aliphatic carbocycles. The highest BCUT2D eigenvalue weighted by Crippen LogP contribution is 2.34. The number of Topliss-reactive ketones (excluding diaryl/α,β-unsaturated/α-hetero) is 2. The lowest BCUT2D eigenvalue weighted by atomic mass is 10.2. The summed E-state index contributed by atoms with van der Waals surface area (Å²) in [5.41, 5.74) is 0. The molecule has 0 aromatic carbocycles. The van der Waals surface area contributed by atoms with E-state index in [2.05, 4.69) is 33.7 Å². The molecule has 0 N–H and O–H groups in total. The predicted octanol–water partition coefficient (Wildman–Crippen LogP) is 2.34. The maximum absolute atomic E-state index is 12.7. The minimum absolute atomic E-state index is 0.193. The molecule has 2 saturated heterocycles. The van der Waals surface area contributed by atoms with Crippen molar-refractivity contribution in [2.75, 3.05) is 79.5 Å². The van der Waals surface area contributed by atoms with Crippen LogP contribution in [0.3, 0.4) is 0 Å². The molecule has 4 rings (SSSR count). The van der Waals surface area contributed by atoms with Crippen molar-refractivity contribution < 1.29 is 9.59 Å². The van der Waals surface area contributed by atoms with Gasteiger partial charge in [0.05, 0.1) is 22.8 Å². The number of carbonyl (C=O) groups excluding carboxylic acids is 2. The van der Waals surface area contributed by atoms with Gasteiger partial charge < -0.3 is 9.80 Å². The van der Waals surface area contributed by atoms with E-state index in [0.29, 0.717) is 13.1 Å². The van der Waals surface area contributed by atoms with Gasteiger partial charge >= 0.3 is 0 Å². The van der Waals surface area contributed by atoms with E-state index in [1.807, 2.05) is 24.3 Å². The molecule has 2 aromatic heterocycles. The maximum Gasteiger partial charge on any atom is 0.186 e. The van der Waals surface area contributed by atoms with Crippen molar-refractivity contribution in [1.29, 1.82) is 0 Å². The smallest absolute Gasteiger partial charge is 0.186 e. The van der Waals surface area contributed by atoms with Crippen molar-refractivity contribution in [3.63, 3.8) is 0 Å². The van der Waals surface area contributed by atoms with Gasteiger partial charge in [-0.1, -0.05) is 0 Å². The van der Waals surface area contributed by atoms with Gasteiger partial charge in [0.15, 0.2) is 11.6 Å². The van der Waals surface area contributed by atoms with E-state index in [9.17, 15) is 9.59 Å². The highest BCUT2D eigenvalue weighted by Gasteiger charge is 2.21. The molecule has 6 nitrogen and oxygen atoms in total. The standard InChI is InChI=1S/C22H30N4O2S2/c1-23-7-11-25(12-8-23)15-17(27)19-3-5-21(29-19)22-6-4-20(30-22)18(28)16-26-13-9-24(2)10-14-26/h3-6H,7-16H2,1-2H3. The molecule has 4 heterocycles. The van der Waals surface area contributed by atoms with Gasteiger partial charge in [0.2, 0.25) is 0 Å². The summed E-state index contributed by atoms with van der Waals surface area (Å²) in [5.74, 6) is 0.387. The summed E-state index contributed by atoms with van der Waals surface area (Å²) in [7, 11) is 4.24. The number of carbonyl (C=O) groups is 2. The van der Waals surface area contributed by atoms with E-state index in [0.717, 1.165) is 71.9 Å². The Hall–Kier alpha value is -1.42. The SMILES string of the molecule is CN1CCN(CC(=O)c2ccc(-c3ccc(C(=O)CN4CCN(C)CC4)s3)s2)CC1. The van der Waals surface area contributed by atoms with Crippen LogP contribution in [-0.2, 0) is 0 Å². The summed E-state index contributed by atoms with van der Waals surface area (Å²) < 4.78 is 0. The Morgan fingerprint density at radius 2 is 1.03 bits per heavy atom. The van der Waals surface area contributed by atoms with E-state index in [1.54, 1.807) is 22.7 Å². The lowest BCUT2D eigenvalue weighted by molar-refractivity contribution is 0.0873. The van der Waals surface area contributed by atoms with Crippen LogP contribution >= 0.6 is 22.7 Å². The molecule has 2 aromatic rings. The maximum atomic E-state index is 12.7. The summed E-state index contributed by atoms with van der Waals surface area (Å²) in [5, 5.41) is 0. The Kier molecular flexibility index (Phi) is 7.12. The second-order valence-corrected chi connectivity index (χ2v) is 10.5. The fraction of sp³-hybridized carbons (Fsp3) is 0.545. The van der Waals surface area contributed by atoms with Crippen molar-refractivity contribution in [3.05, 3.63) is 34.0 Å². The number of rotatable bonds is 7. The summed E-state index contributed by atoms with van der Waals surface area (Å²) >= 11 is 3.08. The highest BCUT2D eigenvalue weighted by molar-refractivity contribution is 7.23. The molecule has 0 bridgehead atoms. The minimum Gasteiger partial charge on any atom is -0.304 e. The van der Waals surface area contributed by atoms with Crippen molar-refractivity contribution >= 4 is 34.2 Å². The lowest BCUT2D eigenvalue weighted by Crippen LogP contribution is -2.46. The van der Waals surface area contributed by atoms with Crippen LogP contribution in [0.25, 0.3) is 9.75 Å². The first-order valence-corrected chi connectivity index (χ1v) is 12.2. The first-order chi connectivity index (χ1) is 14.5. The molecule has 0 unspecified atom stereocenters. The Morgan fingerprint density at radius 1 is 0.667 bits per heavy atom. The second kappa shape index (κ2) is 9.80. The van der Waals surface area contributed by atoms with Gasteiger partial charge in [-0.05, 0) is 38.4 Å². The van der Waals surface area contributed by atoms with E-state index >= 15 is 0 Å². The van der Waals surface area contributed by atoms with Crippen molar-refractivity contribution in [2.45, 2.75) is 0 Å². The first kappa shape index (κ1) is 21.8. The molecule has 2 aliphatic heterocycles. The number of thiophene rings is 2. The molecule has 0 atom stereocenters. The molecule has 162 valence electrons. The number of nitrogens with zero attached hydrogens (tertiary/aromatic N) is 4.